The summed E-state index contributed by atoms with van der Waals surface area (Å²) in [5, 5.41) is 9.37. The Morgan fingerprint density at radius 1 is 0.857 bits per heavy atom. The van der Waals surface area contributed by atoms with Crippen molar-refractivity contribution in [2.75, 3.05) is 6.61 Å². The SMILES string of the molecule is CC(C)C(C)(C)COC(C)(C)C(O)(C(F)(F)F)C(F)(F)F. The van der Waals surface area contributed by atoms with Gasteiger partial charge >= 0.3 is 12.4 Å². The second-order valence-electron chi connectivity index (χ2n) is 6.65. The first-order valence-corrected chi connectivity index (χ1v) is 6.40. The van der Waals surface area contributed by atoms with Gasteiger partial charge < -0.3 is 9.84 Å². The fraction of sp³-hybridized carbons (Fsp3) is 1.00. The van der Waals surface area contributed by atoms with Crippen LogP contribution < -0.4 is 0 Å². The van der Waals surface area contributed by atoms with Crippen LogP contribution in [0, 0.1) is 11.3 Å². The third-order valence-electron chi connectivity index (χ3n) is 4.06. The van der Waals surface area contributed by atoms with Gasteiger partial charge in [-0.15, -0.1) is 0 Å². The summed E-state index contributed by atoms with van der Waals surface area (Å²) >= 11 is 0. The maximum atomic E-state index is 12.8. The molecule has 21 heavy (non-hydrogen) atoms. The van der Waals surface area contributed by atoms with E-state index in [-0.39, 0.29) is 12.5 Å². The molecule has 0 spiro atoms. The van der Waals surface area contributed by atoms with Crippen LogP contribution in [0.4, 0.5) is 26.3 Å². The fourth-order valence-electron chi connectivity index (χ4n) is 1.48. The Morgan fingerprint density at radius 3 is 1.43 bits per heavy atom. The van der Waals surface area contributed by atoms with Gasteiger partial charge in [-0.3, -0.25) is 0 Å². The van der Waals surface area contributed by atoms with Crippen molar-refractivity contribution in [2.45, 2.75) is 65.1 Å². The molecule has 0 radical (unpaired) electrons. The van der Waals surface area contributed by atoms with E-state index in [4.69, 9.17) is 4.74 Å². The number of rotatable bonds is 5. The van der Waals surface area contributed by atoms with Crippen molar-refractivity contribution < 1.29 is 36.2 Å². The molecule has 1 N–H and O–H groups in total. The molecule has 0 amide bonds. The highest BCUT2D eigenvalue weighted by molar-refractivity contribution is 5.06. The molecule has 0 unspecified atom stereocenters. The molecule has 0 bridgehead atoms. The van der Waals surface area contributed by atoms with Gasteiger partial charge in [0, 0.05) is 0 Å². The topological polar surface area (TPSA) is 29.5 Å². The van der Waals surface area contributed by atoms with Gasteiger partial charge in [-0.05, 0) is 25.2 Å². The highest BCUT2D eigenvalue weighted by atomic mass is 19.4. The predicted molar refractivity (Wildman–Crippen MR) is 65.7 cm³/mol. The molecular weight excluding hydrogens is 302 g/mol. The minimum absolute atomic E-state index is 0.0295. The van der Waals surface area contributed by atoms with Gasteiger partial charge in [0.1, 0.15) is 5.60 Å². The zero-order chi connectivity index (χ0) is 17.5. The number of halogens is 6. The molecule has 0 saturated carbocycles. The number of alkyl halides is 6. The fourth-order valence-corrected chi connectivity index (χ4v) is 1.48. The molecular formula is C13H22F6O2. The van der Waals surface area contributed by atoms with Crippen molar-refractivity contribution >= 4 is 0 Å². The smallest absolute Gasteiger partial charge is 0.371 e. The molecule has 128 valence electrons. The van der Waals surface area contributed by atoms with Gasteiger partial charge in [0.05, 0.1) is 6.61 Å². The number of aliphatic hydroxyl groups is 1. The highest BCUT2D eigenvalue weighted by Gasteiger charge is 2.77. The summed E-state index contributed by atoms with van der Waals surface area (Å²) in [5.41, 5.74) is -8.47. The molecule has 0 aromatic rings. The Kier molecular flexibility index (Phi) is 5.47. The first-order valence-electron chi connectivity index (χ1n) is 6.40. The van der Waals surface area contributed by atoms with Gasteiger partial charge in [-0.25, -0.2) is 0 Å². The summed E-state index contributed by atoms with van der Waals surface area (Å²) in [7, 11) is 0. The quantitative estimate of drug-likeness (QED) is 0.763. The van der Waals surface area contributed by atoms with Gasteiger partial charge in [0.25, 0.3) is 5.60 Å². The predicted octanol–water partition coefficient (Wildman–Crippen LogP) is 4.32. The van der Waals surface area contributed by atoms with Crippen LogP contribution in [-0.2, 0) is 4.74 Å². The third kappa shape index (κ3) is 3.83. The van der Waals surface area contributed by atoms with Crippen molar-refractivity contribution in [3.8, 4) is 0 Å². The standard InChI is InChI=1S/C13H22F6O2/c1-8(2)9(3,4)7-21-10(5,6)11(20,12(14,15)16)13(17,18)19/h8,20H,7H2,1-6H3. The van der Waals surface area contributed by atoms with Crippen LogP contribution in [0.5, 0.6) is 0 Å². The van der Waals surface area contributed by atoms with Crippen molar-refractivity contribution in [1.82, 2.24) is 0 Å². The first kappa shape index (κ1) is 20.5. The Balaban J connectivity index is 5.53. The molecule has 0 aromatic carbocycles. The van der Waals surface area contributed by atoms with E-state index in [0.29, 0.717) is 13.8 Å². The molecule has 2 nitrogen and oxygen atoms in total. The van der Waals surface area contributed by atoms with Crippen molar-refractivity contribution in [2.24, 2.45) is 11.3 Å². The van der Waals surface area contributed by atoms with Gasteiger partial charge in [0.15, 0.2) is 0 Å². The largest absolute Gasteiger partial charge is 0.429 e. The summed E-state index contributed by atoms with van der Waals surface area (Å²) in [5.74, 6) is -0.0295. The van der Waals surface area contributed by atoms with Crippen LogP contribution >= 0.6 is 0 Å². The lowest BCUT2D eigenvalue weighted by Crippen LogP contribution is -2.69. The van der Waals surface area contributed by atoms with E-state index in [1.54, 1.807) is 27.7 Å². The van der Waals surface area contributed by atoms with Crippen molar-refractivity contribution in [3.63, 3.8) is 0 Å². The second kappa shape index (κ2) is 5.61. The summed E-state index contributed by atoms with van der Waals surface area (Å²) in [6.07, 6.45) is -11.8. The summed E-state index contributed by atoms with van der Waals surface area (Å²) in [6.45, 7) is 7.69. The minimum atomic E-state index is -5.91. The lowest BCUT2D eigenvalue weighted by molar-refractivity contribution is -0.413. The molecule has 0 heterocycles. The second-order valence-corrected chi connectivity index (χ2v) is 6.65. The van der Waals surface area contributed by atoms with Crippen molar-refractivity contribution in [1.29, 1.82) is 0 Å². The lowest BCUT2D eigenvalue weighted by Gasteiger charge is -2.45. The molecule has 0 aliphatic carbocycles. The minimum Gasteiger partial charge on any atom is -0.371 e. The highest BCUT2D eigenvalue weighted by Crippen LogP contribution is 2.51. The van der Waals surface area contributed by atoms with Crippen molar-refractivity contribution in [3.05, 3.63) is 0 Å². The maximum absolute atomic E-state index is 12.8. The molecule has 0 saturated heterocycles. The van der Waals surface area contributed by atoms with Gasteiger partial charge in [-0.2, -0.15) is 26.3 Å². The Hall–Kier alpha value is -0.500. The molecule has 0 aromatic heterocycles. The molecule has 0 fully saturated rings. The Labute approximate surface area is 120 Å². The first-order chi connectivity index (χ1) is 8.90. The number of hydrogen-bond acceptors (Lipinski definition) is 2. The Morgan fingerprint density at radius 2 is 1.19 bits per heavy atom. The number of ether oxygens (including phenoxy) is 1. The van der Waals surface area contributed by atoms with E-state index in [9.17, 15) is 31.4 Å². The molecule has 0 rings (SSSR count). The van der Waals surface area contributed by atoms with E-state index >= 15 is 0 Å². The normalized spacial score (nSPS) is 15.7. The zero-order valence-corrected chi connectivity index (χ0v) is 12.9. The molecule has 0 aliphatic heterocycles. The Bertz CT molecular complexity index is 341. The van der Waals surface area contributed by atoms with Crippen LogP contribution in [0.25, 0.3) is 0 Å². The average molecular weight is 324 g/mol. The average Bonchev–Trinajstić information content (AvgIpc) is 2.22. The summed E-state index contributed by atoms with van der Waals surface area (Å²) in [4.78, 5) is 0. The van der Waals surface area contributed by atoms with Crippen LogP contribution in [0.1, 0.15) is 41.5 Å². The monoisotopic (exact) mass is 324 g/mol. The van der Waals surface area contributed by atoms with E-state index in [2.05, 4.69) is 0 Å². The van der Waals surface area contributed by atoms with Gasteiger partial charge in [-0.1, -0.05) is 27.7 Å². The van der Waals surface area contributed by atoms with Crippen LogP contribution in [0.15, 0.2) is 0 Å². The van der Waals surface area contributed by atoms with E-state index in [0.717, 1.165) is 0 Å². The molecule has 0 aliphatic rings. The molecule has 8 heteroatoms. The molecule has 0 atom stereocenters. The van der Waals surface area contributed by atoms with E-state index in [1.807, 2.05) is 0 Å². The van der Waals surface area contributed by atoms with Gasteiger partial charge in [0.2, 0.25) is 0 Å². The zero-order valence-electron chi connectivity index (χ0n) is 12.9. The van der Waals surface area contributed by atoms with Crippen LogP contribution in [-0.4, -0.2) is 35.3 Å². The summed E-state index contributed by atoms with van der Waals surface area (Å²) < 4.78 is 81.8. The van der Waals surface area contributed by atoms with Crippen LogP contribution in [0.3, 0.4) is 0 Å². The van der Waals surface area contributed by atoms with E-state index in [1.165, 1.54) is 0 Å². The third-order valence-corrected chi connectivity index (χ3v) is 4.06. The number of hydrogen-bond donors (Lipinski definition) is 1. The lowest BCUT2D eigenvalue weighted by atomic mass is 9.80. The maximum Gasteiger partial charge on any atom is 0.429 e. The summed E-state index contributed by atoms with van der Waals surface area (Å²) in [6, 6.07) is 0. The van der Waals surface area contributed by atoms with E-state index < -0.39 is 29.0 Å². The van der Waals surface area contributed by atoms with Crippen LogP contribution in [0.2, 0.25) is 0 Å².